The molecule has 0 atom stereocenters. The number of piperidine rings is 1. The number of hydrogen-bond acceptors (Lipinski definition) is 5. The van der Waals surface area contributed by atoms with Crippen molar-refractivity contribution in [1.82, 2.24) is 25.5 Å². The number of nitrogens with zero attached hydrogens (tertiary/aromatic N) is 4. The third-order valence-electron chi connectivity index (χ3n) is 2.89. The van der Waals surface area contributed by atoms with Gasteiger partial charge in [-0.15, -0.1) is 16.4 Å². The Morgan fingerprint density at radius 2 is 2.25 bits per heavy atom. The zero-order chi connectivity index (χ0) is 10.8. The lowest BCUT2D eigenvalue weighted by Gasteiger charge is -2.22. The largest absolute Gasteiger partial charge is 0.317 e. The van der Waals surface area contributed by atoms with Crippen molar-refractivity contribution in [2.75, 3.05) is 13.1 Å². The molecule has 0 saturated carbocycles. The molecule has 1 aliphatic heterocycles. The van der Waals surface area contributed by atoms with E-state index >= 15 is 0 Å². The first-order valence-corrected chi connectivity index (χ1v) is 6.35. The molecule has 1 aliphatic rings. The van der Waals surface area contributed by atoms with Crippen molar-refractivity contribution in [3.63, 3.8) is 0 Å². The Balaban J connectivity index is 1.92. The summed E-state index contributed by atoms with van der Waals surface area (Å²) >= 11 is 1.68. The molecule has 0 bridgehead atoms. The highest BCUT2D eigenvalue weighted by atomic mass is 32.1. The van der Waals surface area contributed by atoms with Crippen LogP contribution in [-0.4, -0.2) is 33.3 Å². The molecule has 16 heavy (non-hydrogen) atoms. The Hall–Kier alpha value is -1.27. The fourth-order valence-corrected chi connectivity index (χ4v) is 2.76. The van der Waals surface area contributed by atoms with Crippen molar-refractivity contribution in [2.45, 2.75) is 18.9 Å². The minimum Gasteiger partial charge on any atom is -0.317 e. The zero-order valence-corrected chi connectivity index (χ0v) is 9.65. The van der Waals surface area contributed by atoms with Crippen molar-refractivity contribution in [3.05, 3.63) is 17.5 Å². The second-order valence-corrected chi connectivity index (χ2v) is 4.85. The monoisotopic (exact) mass is 235 g/mol. The lowest BCUT2D eigenvalue weighted by atomic mass is 10.1. The quantitative estimate of drug-likeness (QED) is 0.853. The fraction of sp³-hybridized carbons (Fsp3) is 0.500. The van der Waals surface area contributed by atoms with E-state index in [0.717, 1.165) is 36.6 Å². The van der Waals surface area contributed by atoms with Crippen molar-refractivity contribution in [3.8, 4) is 10.7 Å². The average Bonchev–Trinajstić information content (AvgIpc) is 3.01. The van der Waals surface area contributed by atoms with Gasteiger partial charge in [0.05, 0.1) is 10.9 Å². The highest BCUT2D eigenvalue weighted by molar-refractivity contribution is 7.13. The normalized spacial score (nSPS) is 17.8. The number of hydrogen-bond donors (Lipinski definition) is 1. The van der Waals surface area contributed by atoms with Gasteiger partial charge in [-0.25, -0.2) is 4.68 Å². The first kappa shape index (κ1) is 9.92. The van der Waals surface area contributed by atoms with E-state index in [-0.39, 0.29) is 0 Å². The second-order valence-electron chi connectivity index (χ2n) is 3.91. The van der Waals surface area contributed by atoms with Gasteiger partial charge in [-0.3, -0.25) is 0 Å². The van der Waals surface area contributed by atoms with Crippen molar-refractivity contribution < 1.29 is 0 Å². The second kappa shape index (κ2) is 4.31. The molecular weight excluding hydrogens is 222 g/mol. The molecule has 3 rings (SSSR count). The van der Waals surface area contributed by atoms with Crippen LogP contribution >= 0.6 is 11.3 Å². The Bertz CT molecular complexity index is 443. The predicted molar refractivity (Wildman–Crippen MR) is 62.3 cm³/mol. The van der Waals surface area contributed by atoms with E-state index in [4.69, 9.17) is 0 Å². The van der Waals surface area contributed by atoms with Crippen LogP contribution < -0.4 is 5.32 Å². The van der Waals surface area contributed by atoms with Crippen LogP contribution in [-0.2, 0) is 0 Å². The molecule has 0 aromatic carbocycles. The average molecular weight is 235 g/mol. The predicted octanol–water partition coefficient (Wildman–Crippen LogP) is 1.33. The molecule has 5 nitrogen and oxygen atoms in total. The van der Waals surface area contributed by atoms with E-state index in [0.29, 0.717) is 6.04 Å². The number of aromatic nitrogens is 4. The minimum absolute atomic E-state index is 0.438. The molecule has 0 amide bonds. The molecule has 1 N–H and O–H groups in total. The molecule has 0 aliphatic carbocycles. The van der Waals surface area contributed by atoms with Gasteiger partial charge in [-0.1, -0.05) is 6.07 Å². The third-order valence-corrected chi connectivity index (χ3v) is 3.75. The summed E-state index contributed by atoms with van der Waals surface area (Å²) in [5.41, 5.74) is 0. The number of tetrazole rings is 1. The van der Waals surface area contributed by atoms with Crippen LogP contribution in [0.3, 0.4) is 0 Å². The standard InChI is InChI=1S/C10H13N5S/c1-2-9(16-7-1)10-12-13-14-15(10)8-3-5-11-6-4-8/h1-2,7-8,11H,3-6H2. The van der Waals surface area contributed by atoms with Crippen LogP contribution in [0.1, 0.15) is 18.9 Å². The number of rotatable bonds is 2. The highest BCUT2D eigenvalue weighted by Gasteiger charge is 2.20. The SMILES string of the molecule is c1csc(-c2nnnn2C2CCNCC2)c1. The van der Waals surface area contributed by atoms with Gasteiger partial charge in [0.25, 0.3) is 0 Å². The summed E-state index contributed by atoms with van der Waals surface area (Å²) in [7, 11) is 0. The van der Waals surface area contributed by atoms with Crippen LogP contribution in [0.5, 0.6) is 0 Å². The van der Waals surface area contributed by atoms with Crippen LogP contribution in [0.15, 0.2) is 17.5 Å². The third kappa shape index (κ3) is 1.74. The Morgan fingerprint density at radius 3 is 3.00 bits per heavy atom. The summed E-state index contributed by atoms with van der Waals surface area (Å²) in [4.78, 5) is 1.14. The Kier molecular flexibility index (Phi) is 2.67. The van der Waals surface area contributed by atoms with E-state index in [1.807, 2.05) is 10.7 Å². The van der Waals surface area contributed by atoms with Gasteiger partial charge in [0.15, 0.2) is 5.82 Å². The molecular formula is C10H13N5S. The first-order chi connectivity index (χ1) is 7.95. The maximum Gasteiger partial charge on any atom is 0.192 e. The topological polar surface area (TPSA) is 55.6 Å². The van der Waals surface area contributed by atoms with Crippen LogP contribution in [0.4, 0.5) is 0 Å². The summed E-state index contributed by atoms with van der Waals surface area (Å²) in [5, 5.41) is 17.5. The molecule has 3 heterocycles. The molecule has 2 aromatic rings. The van der Waals surface area contributed by atoms with Crippen molar-refractivity contribution in [2.24, 2.45) is 0 Å². The van der Waals surface area contributed by atoms with Crippen molar-refractivity contribution >= 4 is 11.3 Å². The van der Waals surface area contributed by atoms with Gasteiger partial charge in [-0.2, -0.15) is 0 Å². The number of thiophene rings is 1. The fourth-order valence-electron chi connectivity index (χ4n) is 2.06. The molecule has 84 valence electrons. The van der Waals surface area contributed by atoms with Gasteiger partial charge >= 0.3 is 0 Å². The lowest BCUT2D eigenvalue weighted by Crippen LogP contribution is -2.30. The van der Waals surface area contributed by atoms with Gasteiger partial charge in [0.1, 0.15) is 0 Å². The molecule has 0 radical (unpaired) electrons. The summed E-state index contributed by atoms with van der Waals surface area (Å²) in [5.74, 6) is 0.905. The lowest BCUT2D eigenvalue weighted by molar-refractivity contribution is 0.340. The summed E-state index contributed by atoms with van der Waals surface area (Å²) in [6.07, 6.45) is 2.20. The van der Waals surface area contributed by atoms with Crippen LogP contribution in [0, 0.1) is 0 Å². The van der Waals surface area contributed by atoms with Gasteiger partial charge in [-0.05, 0) is 47.8 Å². The van der Waals surface area contributed by atoms with Gasteiger partial charge in [0, 0.05) is 0 Å². The number of nitrogens with one attached hydrogen (secondary N) is 1. The highest BCUT2D eigenvalue weighted by Crippen LogP contribution is 2.26. The Labute approximate surface area is 97.5 Å². The summed E-state index contributed by atoms with van der Waals surface area (Å²) in [6, 6.07) is 4.53. The van der Waals surface area contributed by atoms with E-state index in [1.165, 1.54) is 0 Å². The molecule has 6 heteroatoms. The van der Waals surface area contributed by atoms with E-state index in [9.17, 15) is 0 Å². The minimum atomic E-state index is 0.438. The molecule has 1 fully saturated rings. The molecule has 0 unspecified atom stereocenters. The van der Waals surface area contributed by atoms with Crippen LogP contribution in [0.25, 0.3) is 10.7 Å². The van der Waals surface area contributed by atoms with Crippen LogP contribution in [0.2, 0.25) is 0 Å². The molecule has 0 spiro atoms. The summed E-state index contributed by atoms with van der Waals surface area (Å²) in [6.45, 7) is 2.10. The van der Waals surface area contributed by atoms with Gasteiger partial charge < -0.3 is 5.32 Å². The van der Waals surface area contributed by atoms with Gasteiger partial charge in [0.2, 0.25) is 0 Å². The zero-order valence-electron chi connectivity index (χ0n) is 8.83. The smallest absolute Gasteiger partial charge is 0.192 e. The van der Waals surface area contributed by atoms with E-state index in [2.05, 4.69) is 32.3 Å². The Morgan fingerprint density at radius 1 is 1.38 bits per heavy atom. The maximum absolute atomic E-state index is 4.13. The summed E-state index contributed by atoms with van der Waals surface area (Å²) < 4.78 is 1.98. The molecule has 2 aromatic heterocycles. The van der Waals surface area contributed by atoms with E-state index in [1.54, 1.807) is 11.3 Å². The maximum atomic E-state index is 4.13. The van der Waals surface area contributed by atoms with Crippen molar-refractivity contribution in [1.29, 1.82) is 0 Å². The molecule has 1 saturated heterocycles. The van der Waals surface area contributed by atoms with E-state index < -0.39 is 0 Å². The first-order valence-electron chi connectivity index (χ1n) is 5.47.